The number of rotatable bonds is 2. The molecule has 0 spiro atoms. The van der Waals surface area contributed by atoms with Crippen molar-refractivity contribution in [1.29, 1.82) is 0 Å². The van der Waals surface area contributed by atoms with Gasteiger partial charge in [0.25, 0.3) is 0 Å². The van der Waals surface area contributed by atoms with E-state index in [9.17, 15) is 5.11 Å². The maximum absolute atomic E-state index is 9.53. The Balaban J connectivity index is 2.38. The van der Waals surface area contributed by atoms with Gasteiger partial charge in [0, 0.05) is 20.1 Å². The third-order valence-corrected chi connectivity index (χ3v) is 2.28. The highest BCUT2D eigenvalue weighted by Gasteiger charge is 2.25. The van der Waals surface area contributed by atoms with E-state index >= 15 is 0 Å². The molecule has 3 N–H and O–H groups in total. The summed E-state index contributed by atoms with van der Waals surface area (Å²) < 4.78 is 1.79. The monoisotopic (exact) mass is 183 g/mol. The summed E-state index contributed by atoms with van der Waals surface area (Å²) in [5, 5.41) is 17.4. The molecule has 2 rings (SSSR count). The predicted molar refractivity (Wildman–Crippen MR) is 47.3 cm³/mol. The van der Waals surface area contributed by atoms with Gasteiger partial charge in [-0.1, -0.05) is 5.21 Å². The second kappa shape index (κ2) is 2.97. The first-order valence-corrected chi connectivity index (χ1v) is 4.26. The lowest BCUT2D eigenvalue weighted by Crippen LogP contribution is -2.18. The quantitative estimate of drug-likeness (QED) is 0.597. The van der Waals surface area contributed by atoms with Crippen molar-refractivity contribution >= 4 is 5.82 Å². The van der Waals surface area contributed by atoms with E-state index in [1.54, 1.807) is 4.68 Å². The SMILES string of the molecule is CN1CCn2nnc(C(O)CN)c21. The Kier molecular flexibility index (Phi) is 1.93. The molecule has 0 amide bonds. The second-order valence-electron chi connectivity index (χ2n) is 3.19. The lowest BCUT2D eigenvalue weighted by molar-refractivity contribution is 0.182. The van der Waals surface area contributed by atoms with Gasteiger partial charge in [0.1, 0.15) is 11.8 Å². The van der Waals surface area contributed by atoms with Crippen LogP contribution in [0.2, 0.25) is 0 Å². The zero-order valence-corrected chi connectivity index (χ0v) is 7.51. The molecule has 0 radical (unpaired) electrons. The minimum absolute atomic E-state index is 0.180. The smallest absolute Gasteiger partial charge is 0.153 e. The lowest BCUT2D eigenvalue weighted by atomic mass is 10.2. The van der Waals surface area contributed by atoms with Gasteiger partial charge in [0.15, 0.2) is 5.82 Å². The van der Waals surface area contributed by atoms with Crippen LogP contribution >= 0.6 is 0 Å². The maximum atomic E-state index is 9.53. The van der Waals surface area contributed by atoms with Crippen molar-refractivity contribution in [2.75, 3.05) is 25.0 Å². The molecular weight excluding hydrogens is 170 g/mol. The Morgan fingerprint density at radius 2 is 2.38 bits per heavy atom. The molecule has 1 aromatic rings. The first-order valence-electron chi connectivity index (χ1n) is 4.26. The Hall–Kier alpha value is -1.14. The number of aliphatic hydroxyl groups excluding tert-OH is 1. The number of nitrogens with zero attached hydrogens (tertiary/aromatic N) is 4. The van der Waals surface area contributed by atoms with E-state index in [0.717, 1.165) is 18.9 Å². The number of aromatic nitrogens is 3. The second-order valence-corrected chi connectivity index (χ2v) is 3.19. The van der Waals surface area contributed by atoms with E-state index in [0.29, 0.717) is 5.69 Å². The van der Waals surface area contributed by atoms with Crippen LogP contribution in [0.3, 0.4) is 0 Å². The number of aliphatic hydroxyl groups is 1. The van der Waals surface area contributed by atoms with E-state index in [1.807, 2.05) is 11.9 Å². The van der Waals surface area contributed by atoms with Crippen LogP contribution in [0, 0.1) is 0 Å². The van der Waals surface area contributed by atoms with Crippen LogP contribution in [0.15, 0.2) is 0 Å². The molecule has 0 aliphatic carbocycles. The summed E-state index contributed by atoms with van der Waals surface area (Å²) in [6, 6.07) is 0. The van der Waals surface area contributed by atoms with E-state index < -0.39 is 6.10 Å². The van der Waals surface area contributed by atoms with Crippen molar-refractivity contribution < 1.29 is 5.11 Å². The first kappa shape index (κ1) is 8.46. The van der Waals surface area contributed by atoms with Crippen LogP contribution in [0.5, 0.6) is 0 Å². The van der Waals surface area contributed by atoms with Crippen molar-refractivity contribution in [2.45, 2.75) is 12.6 Å². The summed E-state index contributed by atoms with van der Waals surface area (Å²) in [7, 11) is 1.95. The molecule has 0 bridgehead atoms. The summed E-state index contributed by atoms with van der Waals surface area (Å²) in [5.74, 6) is 0.887. The molecular formula is C7H13N5O. The largest absolute Gasteiger partial charge is 0.385 e. The van der Waals surface area contributed by atoms with Gasteiger partial charge in [-0.25, -0.2) is 4.68 Å². The fraction of sp³-hybridized carbons (Fsp3) is 0.714. The van der Waals surface area contributed by atoms with Gasteiger partial charge < -0.3 is 15.7 Å². The van der Waals surface area contributed by atoms with E-state index in [2.05, 4.69) is 10.3 Å². The minimum Gasteiger partial charge on any atom is -0.385 e. The number of nitrogens with two attached hydrogens (primary N) is 1. The highest BCUT2D eigenvalue weighted by Crippen LogP contribution is 2.26. The topological polar surface area (TPSA) is 80.2 Å². The van der Waals surface area contributed by atoms with Crippen LogP contribution in [-0.4, -0.2) is 40.2 Å². The zero-order chi connectivity index (χ0) is 9.42. The van der Waals surface area contributed by atoms with Gasteiger partial charge in [0.2, 0.25) is 0 Å². The summed E-state index contributed by atoms with van der Waals surface area (Å²) in [4.78, 5) is 2.02. The van der Waals surface area contributed by atoms with Crippen molar-refractivity contribution in [1.82, 2.24) is 15.0 Å². The van der Waals surface area contributed by atoms with Crippen molar-refractivity contribution in [3.63, 3.8) is 0 Å². The molecule has 6 heteroatoms. The third kappa shape index (κ3) is 1.18. The number of hydrogen-bond donors (Lipinski definition) is 2. The van der Waals surface area contributed by atoms with Crippen LogP contribution in [0.1, 0.15) is 11.8 Å². The molecule has 1 aromatic heterocycles. The standard InChI is InChI=1S/C7H13N5O/c1-11-2-3-12-7(11)6(9-10-12)5(13)4-8/h5,13H,2-4,8H2,1H3. The highest BCUT2D eigenvalue weighted by molar-refractivity contribution is 5.46. The molecule has 6 nitrogen and oxygen atoms in total. The van der Waals surface area contributed by atoms with Crippen LogP contribution in [0.25, 0.3) is 0 Å². The van der Waals surface area contributed by atoms with E-state index in [-0.39, 0.29) is 6.54 Å². The number of anilines is 1. The number of hydrogen-bond acceptors (Lipinski definition) is 5. The zero-order valence-electron chi connectivity index (χ0n) is 7.51. The molecule has 1 aliphatic heterocycles. The molecule has 0 fully saturated rings. The summed E-state index contributed by atoms with van der Waals surface area (Å²) >= 11 is 0. The Morgan fingerprint density at radius 3 is 3.08 bits per heavy atom. The van der Waals surface area contributed by atoms with Crippen LogP contribution in [0.4, 0.5) is 5.82 Å². The molecule has 2 heterocycles. The summed E-state index contributed by atoms with van der Waals surface area (Å²) in [6.07, 6.45) is -0.704. The summed E-state index contributed by atoms with van der Waals surface area (Å²) in [6.45, 7) is 1.92. The molecule has 13 heavy (non-hydrogen) atoms. The van der Waals surface area contributed by atoms with Gasteiger partial charge in [-0.05, 0) is 0 Å². The Bertz CT molecular complexity index is 310. The molecule has 1 unspecified atom stereocenters. The van der Waals surface area contributed by atoms with Gasteiger partial charge >= 0.3 is 0 Å². The van der Waals surface area contributed by atoms with Gasteiger partial charge in [-0.15, -0.1) is 5.10 Å². The molecule has 0 saturated heterocycles. The molecule has 1 atom stereocenters. The molecule has 0 saturated carbocycles. The first-order chi connectivity index (χ1) is 6.24. The fourth-order valence-corrected chi connectivity index (χ4v) is 1.54. The highest BCUT2D eigenvalue weighted by atomic mass is 16.3. The maximum Gasteiger partial charge on any atom is 0.153 e. The van der Waals surface area contributed by atoms with Crippen molar-refractivity contribution in [3.8, 4) is 0 Å². The minimum atomic E-state index is -0.704. The van der Waals surface area contributed by atoms with Gasteiger partial charge in [0.05, 0.1) is 6.54 Å². The van der Waals surface area contributed by atoms with Crippen LogP contribution in [-0.2, 0) is 6.54 Å². The molecule has 1 aliphatic rings. The fourth-order valence-electron chi connectivity index (χ4n) is 1.54. The van der Waals surface area contributed by atoms with E-state index in [4.69, 9.17) is 5.73 Å². The average Bonchev–Trinajstić information content (AvgIpc) is 2.68. The van der Waals surface area contributed by atoms with Crippen LogP contribution < -0.4 is 10.6 Å². The normalized spacial score (nSPS) is 17.6. The van der Waals surface area contributed by atoms with Gasteiger partial charge in [-0.3, -0.25) is 0 Å². The number of fused-ring (bicyclic) bond motifs is 1. The van der Waals surface area contributed by atoms with Gasteiger partial charge in [-0.2, -0.15) is 0 Å². The Labute approximate surface area is 75.9 Å². The van der Waals surface area contributed by atoms with Crippen molar-refractivity contribution in [2.24, 2.45) is 5.73 Å². The van der Waals surface area contributed by atoms with E-state index in [1.165, 1.54) is 0 Å². The lowest BCUT2D eigenvalue weighted by Gasteiger charge is -2.12. The molecule has 0 aromatic carbocycles. The number of likely N-dealkylation sites (N-methyl/N-ethyl adjacent to an activating group) is 1. The predicted octanol–water partition coefficient (Wildman–Crippen LogP) is -1.28. The average molecular weight is 183 g/mol. The van der Waals surface area contributed by atoms with Crippen molar-refractivity contribution in [3.05, 3.63) is 5.69 Å². The molecule has 72 valence electrons. The summed E-state index contributed by atoms with van der Waals surface area (Å²) in [5.41, 5.74) is 5.94. The third-order valence-electron chi connectivity index (χ3n) is 2.28. The Morgan fingerprint density at radius 1 is 1.62 bits per heavy atom.